The van der Waals surface area contributed by atoms with Gasteiger partial charge in [-0.2, -0.15) is 0 Å². The lowest BCUT2D eigenvalue weighted by molar-refractivity contribution is -0.131. The van der Waals surface area contributed by atoms with Crippen LogP contribution in [0.2, 0.25) is 0 Å². The molecule has 0 heterocycles. The Bertz CT molecular complexity index is 920. The van der Waals surface area contributed by atoms with Crippen LogP contribution in [0.1, 0.15) is 309 Å². The number of hydrogen-bond donors (Lipinski definition) is 4. The Morgan fingerprint density at radius 3 is 0.935 bits per heavy atom. The van der Waals surface area contributed by atoms with E-state index in [9.17, 15) is 20.1 Å². The molecular weight excluding hydrogens is 763 g/mol. The lowest BCUT2D eigenvalue weighted by Gasteiger charge is -2.21. The lowest BCUT2D eigenvalue weighted by Crippen LogP contribution is -2.48. The summed E-state index contributed by atoms with van der Waals surface area (Å²) >= 11 is 0. The second-order valence-corrected chi connectivity index (χ2v) is 19.5. The molecule has 0 spiro atoms. The number of carbonyl (C=O) groups is 1. The molecule has 62 heavy (non-hydrogen) atoms. The van der Waals surface area contributed by atoms with Gasteiger partial charge in [0.2, 0.25) is 5.91 Å². The monoisotopic (exact) mass is 874 g/mol. The summed E-state index contributed by atoms with van der Waals surface area (Å²) in [6.45, 7) is 4.22. The quantitative estimate of drug-likeness (QED) is 0.0362. The van der Waals surface area contributed by atoms with Gasteiger partial charge in [-0.3, -0.25) is 4.79 Å². The number of amides is 1. The van der Waals surface area contributed by atoms with Crippen molar-refractivity contribution in [3.8, 4) is 0 Å². The molecule has 368 valence electrons. The van der Waals surface area contributed by atoms with Crippen molar-refractivity contribution in [2.45, 2.75) is 327 Å². The van der Waals surface area contributed by atoms with Gasteiger partial charge >= 0.3 is 0 Å². The third-order valence-corrected chi connectivity index (χ3v) is 13.3. The van der Waals surface area contributed by atoms with Crippen LogP contribution in [0, 0.1) is 0 Å². The molecule has 0 saturated carbocycles. The smallest absolute Gasteiger partial charge is 0.249 e. The molecule has 0 rings (SSSR count). The zero-order chi connectivity index (χ0) is 45.1. The molecule has 0 bridgehead atoms. The van der Waals surface area contributed by atoms with Crippen molar-refractivity contribution < 1.29 is 20.1 Å². The zero-order valence-electron chi connectivity index (χ0n) is 42.0. The summed E-state index contributed by atoms with van der Waals surface area (Å²) in [6, 6.07) is -0.797. The van der Waals surface area contributed by atoms with Crippen molar-refractivity contribution in [1.82, 2.24) is 5.32 Å². The molecule has 0 fully saturated rings. The molecule has 0 saturated heterocycles. The number of aliphatic hydroxyl groups is 3. The van der Waals surface area contributed by atoms with E-state index in [1.54, 1.807) is 6.08 Å². The highest BCUT2D eigenvalue weighted by Crippen LogP contribution is 2.17. The van der Waals surface area contributed by atoms with Crippen molar-refractivity contribution in [3.63, 3.8) is 0 Å². The Kier molecular flexibility index (Phi) is 51.5. The second-order valence-electron chi connectivity index (χ2n) is 19.5. The molecule has 3 atom stereocenters. The van der Waals surface area contributed by atoms with Gasteiger partial charge in [-0.05, 0) is 44.9 Å². The van der Waals surface area contributed by atoms with E-state index < -0.39 is 24.2 Å². The van der Waals surface area contributed by atoms with E-state index in [4.69, 9.17) is 0 Å². The van der Waals surface area contributed by atoms with E-state index in [0.29, 0.717) is 6.42 Å². The van der Waals surface area contributed by atoms with E-state index in [1.807, 2.05) is 6.08 Å². The van der Waals surface area contributed by atoms with Gasteiger partial charge < -0.3 is 20.6 Å². The summed E-state index contributed by atoms with van der Waals surface area (Å²) in [7, 11) is 0. The van der Waals surface area contributed by atoms with Crippen LogP contribution in [0.15, 0.2) is 24.3 Å². The molecule has 4 N–H and O–H groups in total. The third-order valence-electron chi connectivity index (χ3n) is 13.3. The summed E-state index contributed by atoms with van der Waals surface area (Å²) in [4.78, 5) is 12.5. The maximum Gasteiger partial charge on any atom is 0.249 e. The third kappa shape index (κ3) is 46.8. The minimum atomic E-state index is -1.10. The number of unbranched alkanes of at least 4 members (excludes halogenated alkanes) is 42. The molecular formula is C57H111NO4. The molecule has 5 heteroatoms. The fourth-order valence-electron chi connectivity index (χ4n) is 8.89. The van der Waals surface area contributed by atoms with Crippen molar-refractivity contribution in [3.05, 3.63) is 24.3 Å². The second kappa shape index (κ2) is 52.5. The molecule has 1 amide bonds. The molecule has 5 nitrogen and oxygen atoms in total. The fraction of sp³-hybridized carbons (Fsp3) is 0.912. The van der Waals surface area contributed by atoms with E-state index >= 15 is 0 Å². The first-order chi connectivity index (χ1) is 30.6. The van der Waals surface area contributed by atoms with Crippen LogP contribution >= 0.6 is 0 Å². The van der Waals surface area contributed by atoms with Gasteiger partial charge in [-0.1, -0.05) is 289 Å². The molecule has 0 aliphatic carbocycles. The molecule has 3 unspecified atom stereocenters. The van der Waals surface area contributed by atoms with E-state index in [0.717, 1.165) is 32.1 Å². The summed E-state index contributed by atoms with van der Waals surface area (Å²) in [6.07, 6.45) is 66.8. The van der Waals surface area contributed by atoms with Gasteiger partial charge in [0.25, 0.3) is 0 Å². The Labute approximate surface area is 388 Å². The van der Waals surface area contributed by atoms with Crippen LogP contribution in [0.25, 0.3) is 0 Å². The van der Waals surface area contributed by atoms with Gasteiger partial charge in [-0.15, -0.1) is 0 Å². The minimum absolute atomic E-state index is 0.361. The number of rotatable bonds is 52. The van der Waals surface area contributed by atoms with Crippen LogP contribution < -0.4 is 5.32 Å². The van der Waals surface area contributed by atoms with Crippen LogP contribution in [-0.4, -0.2) is 46.1 Å². The SMILES string of the molecule is CCCCCCCCCCCCCC/C=C\CCCCCCCCCCCCCC(O)C(=O)NC(CO)C(O)/C=C/CCCCCCCCCCCCCCCCCCCCC. The fourth-order valence-corrected chi connectivity index (χ4v) is 8.89. The standard InChI is InChI=1S/C57H111NO4/c1-3-5-7-9-11-13-15-17-19-21-23-25-26-27-28-29-30-32-34-36-38-40-42-44-46-48-50-52-56(61)57(62)58-54(53-59)55(60)51-49-47-45-43-41-39-37-35-33-31-24-22-20-18-16-14-12-10-8-6-4-2/h27-28,49,51,54-56,59-61H,3-26,29-48,50,52-53H2,1-2H3,(H,58,62)/b28-27-,51-49+. The van der Waals surface area contributed by atoms with Crippen molar-refractivity contribution >= 4 is 5.91 Å². The maximum atomic E-state index is 12.5. The molecule has 0 aliphatic rings. The normalized spacial score (nSPS) is 13.4. The highest BCUT2D eigenvalue weighted by atomic mass is 16.3. The Morgan fingerprint density at radius 2 is 0.645 bits per heavy atom. The highest BCUT2D eigenvalue weighted by Gasteiger charge is 2.22. The number of aliphatic hydroxyl groups excluding tert-OH is 3. The Morgan fingerprint density at radius 1 is 0.387 bits per heavy atom. The summed E-state index contributed by atoms with van der Waals surface area (Å²) in [5.41, 5.74) is 0. The predicted octanol–water partition coefficient (Wildman–Crippen LogP) is 17.3. The van der Waals surface area contributed by atoms with Crippen LogP contribution in [0.4, 0.5) is 0 Å². The van der Waals surface area contributed by atoms with Gasteiger partial charge in [0.15, 0.2) is 0 Å². The van der Waals surface area contributed by atoms with Crippen molar-refractivity contribution in [1.29, 1.82) is 0 Å². The molecule has 0 aliphatic heterocycles. The molecule has 0 radical (unpaired) electrons. The van der Waals surface area contributed by atoms with Crippen LogP contribution in [-0.2, 0) is 4.79 Å². The largest absolute Gasteiger partial charge is 0.394 e. The number of allylic oxidation sites excluding steroid dienone is 3. The van der Waals surface area contributed by atoms with Gasteiger partial charge in [0, 0.05) is 0 Å². The summed E-state index contributed by atoms with van der Waals surface area (Å²) in [5.74, 6) is -0.499. The average Bonchev–Trinajstić information content (AvgIpc) is 3.28. The van der Waals surface area contributed by atoms with Gasteiger partial charge in [0.05, 0.1) is 18.8 Å². The lowest BCUT2D eigenvalue weighted by atomic mass is 10.0. The van der Waals surface area contributed by atoms with Crippen LogP contribution in [0.5, 0.6) is 0 Å². The number of hydrogen-bond acceptors (Lipinski definition) is 4. The average molecular weight is 875 g/mol. The Hall–Kier alpha value is -1.17. The van der Waals surface area contributed by atoms with E-state index in [2.05, 4.69) is 31.3 Å². The van der Waals surface area contributed by atoms with Gasteiger partial charge in [0.1, 0.15) is 6.10 Å². The maximum absolute atomic E-state index is 12.5. The number of carbonyl (C=O) groups excluding carboxylic acids is 1. The van der Waals surface area contributed by atoms with E-state index in [1.165, 1.54) is 257 Å². The topological polar surface area (TPSA) is 89.8 Å². The minimum Gasteiger partial charge on any atom is -0.394 e. The van der Waals surface area contributed by atoms with Crippen molar-refractivity contribution in [2.24, 2.45) is 0 Å². The first-order valence-corrected chi connectivity index (χ1v) is 28.2. The molecule has 0 aromatic carbocycles. The molecule has 0 aromatic heterocycles. The zero-order valence-corrected chi connectivity index (χ0v) is 42.0. The highest BCUT2D eigenvalue weighted by molar-refractivity contribution is 5.80. The first-order valence-electron chi connectivity index (χ1n) is 28.2. The molecule has 0 aromatic rings. The summed E-state index contributed by atoms with van der Waals surface area (Å²) in [5, 5.41) is 33.4. The Balaban J connectivity index is 3.56. The van der Waals surface area contributed by atoms with Crippen molar-refractivity contribution in [2.75, 3.05) is 6.61 Å². The van der Waals surface area contributed by atoms with Gasteiger partial charge in [-0.25, -0.2) is 0 Å². The predicted molar refractivity (Wildman–Crippen MR) is 273 cm³/mol. The first kappa shape index (κ1) is 60.8. The van der Waals surface area contributed by atoms with E-state index in [-0.39, 0.29) is 6.61 Å². The summed E-state index contributed by atoms with van der Waals surface area (Å²) < 4.78 is 0. The number of nitrogens with one attached hydrogen (secondary N) is 1. The van der Waals surface area contributed by atoms with Crippen LogP contribution in [0.3, 0.4) is 0 Å².